The van der Waals surface area contributed by atoms with Crippen LogP contribution in [0.15, 0.2) is 6.20 Å². The Bertz CT molecular complexity index is 421. The molecule has 0 bridgehead atoms. The van der Waals surface area contributed by atoms with E-state index in [0.717, 1.165) is 30.0 Å². The van der Waals surface area contributed by atoms with Gasteiger partial charge in [0.25, 0.3) is 0 Å². The largest absolute Gasteiger partial charge is 0.321 e. The third-order valence-corrected chi connectivity index (χ3v) is 4.60. The van der Waals surface area contributed by atoms with E-state index in [1.807, 2.05) is 11.6 Å². The Morgan fingerprint density at radius 2 is 2.26 bits per heavy atom. The molecule has 1 atom stereocenters. The molecule has 19 heavy (non-hydrogen) atoms. The summed E-state index contributed by atoms with van der Waals surface area (Å²) < 4.78 is 1.99. The number of aromatic nitrogens is 2. The van der Waals surface area contributed by atoms with Crippen LogP contribution in [0.4, 0.5) is 0 Å². The van der Waals surface area contributed by atoms with Gasteiger partial charge in [0.2, 0.25) is 0 Å². The Hall–Kier alpha value is -0.580. The van der Waals surface area contributed by atoms with Crippen LogP contribution in [0, 0.1) is 5.92 Å². The van der Waals surface area contributed by atoms with Gasteiger partial charge in [0.15, 0.2) is 0 Å². The van der Waals surface area contributed by atoms with Crippen molar-refractivity contribution in [3.63, 3.8) is 0 Å². The molecule has 1 saturated carbocycles. The number of rotatable bonds is 6. The number of imidazole rings is 1. The minimum atomic E-state index is 0.662. The molecule has 1 aliphatic heterocycles. The number of nitrogens with zero attached hydrogens (tertiary/aromatic N) is 3. The molecule has 3 rings (SSSR count). The van der Waals surface area contributed by atoms with Gasteiger partial charge in [-0.15, -0.1) is 0 Å². The minimum absolute atomic E-state index is 0.662. The van der Waals surface area contributed by atoms with E-state index in [9.17, 15) is 0 Å². The highest BCUT2D eigenvalue weighted by molar-refractivity contribution is 6.29. The van der Waals surface area contributed by atoms with Crippen molar-refractivity contribution in [2.75, 3.05) is 19.6 Å². The summed E-state index contributed by atoms with van der Waals surface area (Å²) in [6, 6.07) is 0.662. The van der Waals surface area contributed by atoms with Crippen molar-refractivity contribution in [2.45, 2.75) is 38.3 Å². The number of halogens is 1. The molecule has 1 aromatic heterocycles. The third kappa shape index (κ3) is 3.50. The summed E-state index contributed by atoms with van der Waals surface area (Å²) in [6.07, 6.45) is 7.17. The quantitative estimate of drug-likeness (QED) is 0.867. The molecule has 0 spiro atoms. The first-order valence-electron chi connectivity index (χ1n) is 7.34. The van der Waals surface area contributed by atoms with Crippen molar-refractivity contribution in [3.8, 4) is 0 Å². The normalized spacial score (nSPS) is 23.4. The molecule has 2 fully saturated rings. The second-order valence-corrected chi connectivity index (χ2v) is 6.37. The Kier molecular flexibility index (Phi) is 4.10. The summed E-state index contributed by atoms with van der Waals surface area (Å²) in [7, 11) is 1.99. The van der Waals surface area contributed by atoms with Crippen LogP contribution in [0.3, 0.4) is 0 Å². The fraction of sp³-hybridized carbons (Fsp3) is 0.786. The maximum Gasteiger partial charge on any atom is 0.128 e. The molecule has 1 aromatic rings. The molecule has 2 aliphatic rings. The lowest BCUT2D eigenvalue weighted by Gasteiger charge is -2.25. The topological polar surface area (TPSA) is 33.1 Å². The molecule has 1 unspecified atom stereocenters. The number of hydrogen-bond donors (Lipinski definition) is 1. The SMILES string of the molecule is Cn1c(Cl)cnc1CN(CC1CC1)CC1CCCN1. The smallest absolute Gasteiger partial charge is 0.128 e. The molecular weight excluding hydrogens is 260 g/mol. The van der Waals surface area contributed by atoms with Gasteiger partial charge in [-0.1, -0.05) is 11.6 Å². The van der Waals surface area contributed by atoms with E-state index in [1.165, 1.54) is 38.8 Å². The van der Waals surface area contributed by atoms with Crippen LogP contribution in [0.2, 0.25) is 5.15 Å². The summed E-state index contributed by atoms with van der Waals surface area (Å²) >= 11 is 6.07. The van der Waals surface area contributed by atoms with Crippen LogP contribution in [0.5, 0.6) is 0 Å². The Balaban J connectivity index is 1.62. The first-order chi connectivity index (χ1) is 9.22. The second kappa shape index (κ2) is 5.81. The minimum Gasteiger partial charge on any atom is -0.321 e. The zero-order valence-corrected chi connectivity index (χ0v) is 12.4. The van der Waals surface area contributed by atoms with E-state index < -0.39 is 0 Å². The van der Waals surface area contributed by atoms with E-state index >= 15 is 0 Å². The van der Waals surface area contributed by atoms with Crippen molar-refractivity contribution in [3.05, 3.63) is 17.2 Å². The van der Waals surface area contributed by atoms with Crippen LogP contribution in [0.1, 0.15) is 31.5 Å². The van der Waals surface area contributed by atoms with Gasteiger partial charge >= 0.3 is 0 Å². The highest BCUT2D eigenvalue weighted by Crippen LogP contribution is 2.30. The van der Waals surface area contributed by atoms with Crippen LogP contribution in [-0.2, 0) is 13.6 Å². The lowest BCUT2D eigenvalue weighted by atomic mass is 10.2. The van der Waals surface area contributed by atoms with Gasteiger partial charge in [-0.2, -0.15) is 0 Å². The summed E-state index contributed by atoms with van der Waals surface area (Å²) in [6.45, 7) is 4.44. The van der Waals surface area contributed by atoms with Gasteiger partial charge in [-0.05, 0) is 38.1 Å². The molecule has 0 amide bonds. The van der Waals surface area contributed by atoms with E-state index in [4.69, 9.17) is 11.6 Å². The predicted molar refractivity (Wildman–Crippen MR) is 77.2 cm³/mol. The van der Waals surface area contributed by atoms with E-state index in [-0.39, 0.29) is 0 Å². The molecule has 4 nitrogen and oxygen atoms in total. The van der Waals surface area contributed by atoms with Crippen molar-refractivity contribution < 1.29 is 0 Å². The van der Waals surface area contributed by atoms with Gasteiger partial charge in [0.05, 0.1) is 12.7 Å². The zero-order chi connectivity index (χ0) is 13.2. The Morgan fingerprint density at radius 1 is 1.42 bits per heavy atom. The summed E-state index contributed by atoms with van der Waals surface area (Å²) in [5.74, 6) is 1.99. The maximum absolute atomic E-state index is 6.07. The average Bonchev–Trinajstić information content (AvgIpc) is 2.96. The van der Waals surface area contributed by atoms with Gasteiger partial charge in [0, 0.05) is 26.2 Å². The molecule has 5 heteroatoms. The molecule has 0 aromatic carbocycles. The predicted octanol–water partition coefficient (Wildman–Crippen LogP) is 2.04. The van der Waals surface area contributed by atoms with Gasteiger partial charge in [0.1, 0.15) is 11.0 Å². The molecule has 1 N–H and O–H groups in total. The lowest BCUT2D eigenvalue weighted by Crippen LogP contribution is -2.38. The van der Waals surface area contributed by atoms with Crippen molar-refractivity contribution in [1.29, 1.82) is 0 Å². The lowest BCUT2D eigenvalue weighted by molar-refractivity contribution is 0.224. The Labute approximate surface area is 120 Å². The highest BCUT2D eigenvalue weighted by atomic mass is 35.5. The fourth-order valence-electron chi connectivity index (χ4n) is 2.86. The number of nitrogens with one attached hydrogen (secondary N) is 1. The first kappa shape index (κ1) is 13.4. The fourth-order valence-corrected chi connectivity index (χ4v) is 3.01. The second-order valence-electron chi connectivity index (χ2n) is 5.99. The summed E-state index contributed by atoms with van der Waals surface area (Å²) in [5, 5.41) is 4.31. The maximum atomic E-state index is 6.07. The van der Waals surface area contributed by atoms with E-state index in [1.54, 1.807) is 6.20 Å². The Morgan fingerprint density at radius 3 is 2.84 bits per heavy atom. The van der Waals surface area contributed by atoms with Crippen LogP contribution < -0.4 is 5.32 Å². The van der Waals surface area contributed by atoms with Gasteiger partial charge in [-0.25, -0.2) is 4.98 Å². The van der Waals surface area contributed by atoms with Gasteiger partial charge < -0.3 is 9.88 Å². The van der Waals surface area contributed by atoms with Crippen molar-refractivity contribution in [2.24, 2.45) is 13.0 Å². The molecule has 1 saturated heterocycles. The highest BCUT2D eigenvalue weighted by Gasteiger charge is 2.27. The van der Waals surface area contributed by atoms with Crippen LogP contribution >= 0.6 is 11.6 Å². The summed E-state index contributed by atoms with van der Waals surface area (Å²) in [5.41, 5.74) is 0. The molecule has 2 heterocycles. The van der Waals surface area contributed by atoms with Crippen molar-refractivity contribution in [1.82, 2.24) is 19.8 Å². The third-order valence-electron chi connectivity index (χ3n) is 4.25. The average molecular weight is 283 g/mol. The van der Waals surface area contributed by atoms with Gasteiger partial charge in [-0.3, -0.25) is 4.90 Å². The summed E-state index contributed by atoms with van der Waals surface area (Å²) in [4.78, 5) is 6.98. The van der Waals surface area contributed by atoms with E-state index in [0.29, 0.717) is 6.04 Å². The molecule has 0 radical (unpaired) electrons. The standard InChI is InChI=1S/C14H23ClN4/c1-18-13(15)7-17-14(18)10-19(8-11-4-5-11)9-12-3-2-6-16-12/h7,11-12,16H,2-6,8-10H2,1H3. The molecular formula is C14H23ClN4. The van der Waals surface area contributed by atoms with E-state index in [2.05, 4.69) is 15.2 Å². The monoisotopic (exact) mass is 282 g/mol. The molecule has 1 aliphatic carbocycles. The molecule has 106 valence electrons. The first-order valence-corrected chi connectivity index (χ1v) is 7.72. The number of hydrogen-bond acceptors (Lipinski definition) is 3. The van der Waals surface area contributed by atoms with Crippen LogP contribution in [-0.4, -0.2) is 40.1 Å². The van der Waals surface area contributed by atoms with Crippen molar-refractivity contribution >= 4 is 11.6 Å². The zero-order valence-electron chi connectivity index (χ0n) is 11.6. The van der Waals surface area contributed by atoms with Crippen LogP contribution in [0.25, 0.3) is 0 Å².